The van der Waals surface area contributed by atoms with Gasteiger partial charge in [-0.2, -0.15) is 5.10 Å². The summed E-state index contributed by atoms with van der Waals surface area (Å²) in [6.07, 6.45) is 4.86. The van der Waals surface area contributed by atoms with Crippen LogP contribution in [-0.2, 0) is 25.0 Å². The van der Waals surface area contributed by atoms with Gasteiger partial charge < -0.3 is 14.6 Å². The third-order valence-corrected chi connectivity index (χ3v) is 3.85. The second-order valence-electron chi connectivity index (χ2n) is 6.00. The number of anilines is 1. The molecule has 0 saturated heterocycles. The topological polar surface area (TPSA) is 78.2 Å². The number of hydrogen-bond acceptors (Lipinski definition) is 4. The molecule has 0 aliphatic rings. The highest BCUT2D eigenvalue weighted by molar-refractivity contribution is 5.90. The first kappa shape index (κ1) is 17.5. The van der Waals surface area contributed by atoms with Crippen molar-refractivity contribution in [1.82, 2.24) is 14.3 Å². The zero-order valence-electron chi connectivity index (χ0n) is 14.7. The van der Waals surface area contributed by atoms with E-state index in [-0.39, 0.29) is 23.6 Å². The van der Waals surface area contributed by atoms with E-state index < -0.39 is 0 Å². The van der Waals surface area contributed by atoms with Crippen LogP contribution in [0.25, 0.3) is 0 Å². The number of benzene rings is 1. The van der Waals surface area contributed by atoms with Crippen molar-refractivity contribution < 1.29 is 9.53 Å². The standard InChI is InChI=1S/C19H20N4O3/c1-14-8-17(24)18(26-13-15-6-4-3-5-7-15)11-23(14)12-19(25)21-16-9-20-22(2)10-16/h3-11H,12-13H2,1-2H3,(H,21,25). The summed E-state index contributed by atoms with van der Waals surface area (Å²) in [5.41, 5.74) is 2.07. The third-order valence-electron chi connectivity index (χ3n) is 3.85. The van der Waals surface area contributed by atoms with Gasteiger partial charge in [0.15, 0.2) is 5.75 Å². The minimum atomic E-state index is -0.209. The average molecular weight is 352 g/mol. The summed E-state index contributed by atoms with van der Waals surface area (Å²) < 4.78 is 8.94. The van der Waals surface area contributed by atoms with Crippen molar-refractivity contribution in [1.29, 1.82) is 0 Å². The number of aromatic nitrogens is 3. The molecule has 0 aliphatic carbocycles. The maximum atomic E-state index is 12.2. The highest BCUT2D eigenvalue weighted by Gasteiger charge is 2.10. The molecule has 0 fully saturated rings. The molecule has 0 radical (unpaired) electrons. The normalized spacial score (nSPS) is 10.5. The van der Waals surface area contributed by atoms with Gasteiger partial charge in [0.25, 0.3) is 0 Å². The molecule has 0 bridgehead atoms. The van der Waals surface area contributed by atoms with Crippen molar-refractivity contribution in [2.24, 2.45) is 7.05 Å². The number of carbonyl (C=O) groups is 1. The Bertz CT molecular complexity index is 960. The van der Waals surface area contributed by atoms with Crippen LogP contribution >= 0.6 is 0 Å². The molecule has 1 N–H and O–H groups in total. The number of nitrogens with one attached hydrogen (secondary N) is 1. The summed E-state index contributed by atoms with van der Waals surface area (Å²) in [5, 5.41) is 6.78. The van der Waals surface area contributed by atoms with Crippen molar-refractivity contribution in [2.75, 3.05) is 5.32 Å². The van der Waals surface area contributed by atoms with Crippen LogP contribution in [0.15, 0.2) is 59.8 Å². The number of aryl methyl sites for hydroxylation is 2. The molecule has 7 nitrogen and oxygen atoms in total. The van der Waals surface area contributed by atoms with Crippen LogP contribution in [0.1, 0.15) is 11.3 Å². The molecule has 2 aromatic heterocycles. The summed E-state index contributed by atoms with van der Waals surface area (Å²) in [4.78, 5) is 24.4. The van der Waals surface area contributed by atoms with Crippen LogP contribution in [0, 0.1) is 6.92 Å². The predicted octanol–water partition coefficient (Wildman–Crippen LogP) is 2.11. The molecule has 2 heterocycles. The third kappa shape index (κ3) is 4.38. The number of amides is 1. The van der Waals surface area contributed by atoms with Gasteiger partial charge in [0, 0.05) is 25.0 Å². The highest BCUT2D eigenvalue weighted by Crippen LogP contribution is 2.10. The smallest absolute Gasteiger partial charge is 0.244 e. The summed E-state index contributed by atoms with van der Waals surface area (Å²) >= 11 is 0. The summed E-state index contributed by atoms with van der Waals surface area (Å²) in [6.45, 7) is 2.14. The first-order valence-electron chi connectivity index (χ1n) is 8.17. The van der Waals surface area contributed by atoms with E-state index in [1.165, 1.54) is 6.07 Å². The lowest BCUT2D eigenvalue weighted by Crippen LogP contribution is -2.22. The first-order valence-corrected chi connectivity index (χ1v) is 8.17. The molecule has 0 saturated carbocycles. The van der Waals surface area contributed by atoms with Crippen molar-refractivity contribution in [3.63, 3.8) is 0 Å². The Labute approximate surface area is 150 Å². The first-order chi connectivity index (χ1) is 12.5. The molecule has 3 rings (SSSR count). The quantitative estimate of drug-likeness (QED) is 0.737. The summed E-state index contributed by atoms with van der Waals surface area (Å²) in [7, 11) is 1.78. The maximum Gasteiger partial charge on any atom is 0.244 e. The fourth-order valence-corrected chi connectivity index (χ4v) is 2.51. The molecule has 1 amide bonds. The van der Waals surface area contributed by atoms with Gasteiger partial charge in [-0.1, -0.05) is 30.3 Å². The Balaban J connectivity index is 1.70. The highest BCUT2D eigenvalue weighted by atomic mass is 16.5. The SMILES string of the molecule is Cc1cc(=O)c(OCc2ccccc2)cn1CC(=O)Nc1cnn(C)c1. The molecular weight excluding hydrogens is 332 g/mol. The van der Waals surface area contributed by atoms with Crippen LogP contribution in [0.2, 0.25) is 0 Å². The molecule has 0 unspecified atom stereocenters. The van der Waals surface area contributed by atoms with Gasteiger partial charge in [-0.3, -0.25) is 14.3 Å². The van der Waals surface area contributed by atoms with Crippen LogP contribution < -0.4 is 15.5 Å². The molecule has 3 aromatic rings. The van der Waals surface area contributed by atoms with Crippen molar-refractivity contribution in [3.8, 4) is 5.75 Å². The molecule has 7 heteroatoms. The minimum Gasteiger partial charge on any atom is -0.483 e. The Morgan fingerprint density at radius 1 is 1.23 bits per heavy atom. The molecule has 26 heavy (non-hydrogen) atoms. The predicted molar refractivity (Wildman–Crippen MR) is 98.1 cm³/mol. The maximum absolute atomic E-state index is 12.2. The zero-order chi connectivity index (χ0) is 18.5. The number of pyridine rings is 1. The van der Waals surface area contributed by atoms with E-state index in [4.69, 9.17) is 4.74 Å². The van der Waals surface area contributed by atoms with E-state index in [0.717, 1.165) is 5.56 Å². The average Bonchev–Trinajstić information content (AvgIpc) is 3.02. The van der Waals surface area contributed by atoms with E-state index in [1.807, 2.05) is 30.3 Å². The monoisotopic (exact) mass is 352 g/mol. The van der Waals surface area contributed by atoms with Crippen molar-refractivity contribution in [2.45, 2.75) is 20.1 Å². The lowest BCUT2D eigenvalue weighted by Gasteiger charge is -2.13. The fraction of sp³-hybridized carbons (Fsp3) is 0.211. The van der Waals surface area contributed by atoms with Gasteiger partial charge in [-0.25, -0.2) is 0 Å². The van der Waals surface area contributed by atoms with E-state index >= 15 is 0 Å². The molecule has 134 valence electrons. The number of hydrogen-bond donors (Lipinski definition) is 1. The molecule has 0 spiro atoms. The number of rotatable bonds is 6. The fourth-order valence-electron chi connectivity index (χ4n) is 2.51. The van der Waals surface area contributed by atoms with Gasteiger partial charge in [0.1, 0.15) is 13.2 Å². The van der Waals surface area contributed by atoms with Gasteiger partial charge in [0.05, 0.1) is 18.1 Å². The van der Waals surface area contributed by atoms with Gasteiger partial charge in [-0.05, 0) is 12.5 Å². The summed E-state index contributed by atoms with van der Waals surface area (Å²) in [5.74, 6) is 0.00684. The Hall–Kier alpha value is -3.35. The molecule has 1 aromatic carbocycles. The Morgan fingerprint density at radius 2 is 2.00 bits per heavy atom. The number of ether oxygens (including phenoxy) is 1. The lowest BCUT2D eigenvalue weighted by atomic mass is 10.2. The number of carbonyl (C=O) groups excluding carboxylic acids is 1. The molecule has 0 aliphatic heterocycles. The zero-order valence-corrected chi connectivity index (χ0v) is 14.7. The second-order valence-corrected chi connectivity index (χ2v) is 6.00. The van der Waals surface area contributed by atoms with Crippen LogP contribution in [0.5, 0.6) is 5.75 Å². The molecule has 0 atom stereocenters. The van der Waals surface area contributed by atoms with Gasteiger partial charge >= 0.3 is 0 Å². The van der Waals surface area contributed by atoms with E-state index in [0.29, 0.717) is 18.0 Å². The van der Waals surface area contributed by atoms with E-state index in [1.54, 1.807) is 41.8 Å². The van der Waals surface area contributed by atoms with Crippen LogP contribution in [-0.4, -0.2) is 20.3 Å². The lowest BCUT2D eigenvalue weighted by molar-refractivity contribution is -0.116. The van der Waals surface area contributed by atoms with E-state index in [9.17, 15) is 9.59 Å². The van der Waals surface area contributed by atoms with Crippen molar-refractivity contribution >= 4 is 11.6 Å². The Kier molecular flexibility index (Phi) is 5.17. The van der Waals surface area contributed by atoms with E-state index in [2.05, 4.69) is 10.4 Å². The number of nitrogens with zero attached hydrogens (tertiary/aromatic N) is 3. The molecular formula is C19H20N4O3. The van der Waals surface area contributed by atoms with Gasteiger partial charge in [-0.15, -0.1) is 0 Å². The minimum absolute atomic E-state index is 0.0721. The second kappa shape index (κ2) is 7.69. The Morgan fingerprint density at radius 3 is 2.69 bits per heavy atom. The van der Waals surface area contributed by atoms with Crippen LogP contribution in [0.3, 0.4) is 0 Å². The largest absolute Gasteiger partial charge is 0.483 e. The van der Waals surface area contributed by atoms with Crippen molar-refractivity contribution in [3.05, 3.63) is 76.5 Å². The van der Waals surface area contributed by atoms with Crippen LogP contribution in [0.4, 0.5) is 5.69 Å². The van der Waals surface area contributed by atoms with Gasteiger partial charge in [0.2, 0.25) is 11.3 Å². The summed E-state index contributed by atoms with van der Waals surface area (Å²) in [6, 6.07) is 11.1.